The molecular weight excluding hydrogens is 365 g/mol. The third-order valence-electron chi connectivity index (χ3n) is 2.26. The van der Waals surface area contributed by atoms with Crippen molar-refractivity contribution >= 4 is 31.9 Å². The number of benzene rings is 1. The van der Waals surface area contributed by atoms with Crippen LogP contribution in [0, 0.1) is 0 Å². The Morgan fingerprint density at radius 2 is 1.95 bits per heavy atom. The van der Waals surface area contributed by atoms with E-state index in [0.29, 0.717) is 4.90 Å². The fourth-order valence-corrected chi connectivity index (χ4v) is 2.35. The number of nitrogens with two attached hydrogens (primary N) is 1. The number of alkyl halides is 3. The maximum absolute atomic E-state index is 12.2. The monoisotopic (exact) mass is 374 g/mol. The molecule has 0 unspecified atom stereocenters. The van der Waals surface area contributed by atoms with Gasteiger partial charge in [0.25, 0.3) is 5.91 Å². The number of primary sulfonamides is 1. The van der Waals surface area contributed by atoms with Crippen LogP contribution in [0.3, 0.4) is 0 Å². The Balaban J connectivity index is 3.16. The fourth-order valence-electron chi connectivity index (χ4n) is 1.39. The van der Waals surface area contributed by atoms with Crippen LogP contribution in [0.15, 0.2) is 27.6 Å². The average molecular weight is 375 g/mol. The molecule has 10 heteroatoms. The maximum Gasteiger partial charge on any atom is 0.406 e. The van der Waals surface area contributed by atoms with Crippen LogP contribution >= 0.6 is 15.9 Å². The number of carbonyl (C=O) groups is 1. The molecule has 0 fully saturated rings. The highest BCUT2D eigenvalue weighted by Crippen LogP contribution is 2.23. The first kappa shape index (κ1) is 16.9. The molecule has 112 valence electrons. The normalized spacial score (nSPS) is 12.3. The number of sulfonamides is 1. The summed E-state index contributed by atoms with van der Waals surface area (Å²) in [5.41, 5.74) is -0.219. The molecule has 0 spiro atoms. The fraction of sp³-hybridized carbons (Fsp3) is 0.300. The second kappa shape index (κ2) is 5.70. The Hall–Kier alpha value is -1.13. The van der Waals surface area contributed by atoms with Crippen molar-refractivity contribution in [2.24, 2.45) is 5.14 Å². The minimum atomic E-state index is -4.55. The van der Waals surface area contributed by atoms with E-state index in [2.05, 4.69) is 15.9 Å². The second-order valence-corrected chi connectivity index (χ2v) is 6.38. The molecule has 0 saturated carbocycles. The predicted octanol–water partition coefficient (Wildman–Crippen LogP) is 1.73. The van der Waals surface area contributed by atoms with Gasteiger partial charge in [-0.25, -0.2) is 13.6 Å². The summed E-state index contributed by atoms with van der Waals surface area (Å²) in [5, 5.41) is 4.91. The number of hydrogen-bond donors (Lipinski definition) is 1. The van der Waals surface area contributed by atoms with Crippen LogP contribution < -0.4 is 5.14 Å². The third-order valence-corrected chi connectivity index (χ3v) is 3.86. The number of halogens is 4. The Kier molecular flexibility index (Phi) is 4.82. The number of carbonyl (C=O) groups excluding carboxylic acids is 1. The smallest absolute Gasteiger partial charge is 0.333 e. The molecule has 0 aliphatic carbocycles. The van der Waals surface area contributed by atoms with E-state index >= 15 is 0 Å². The molecule has 0 aliphatic heterocycles. The van der Waals surface area contributed by atoms with Gasteiger partial charge in [-0.05, 0) is 34.1 Å². The van der Waals surface area contributed by atoms with Crippen LogP contribution in [0.25, 0.3) is 0 Å². The Morgan fingerprint density at radius 1 is 1.40 bits per heavy atom. The van der Waals surface area contributed by atoms with E-state index in [0.717, 1.165) is 19.2 Å². The zero-order chi connectivity index (χ0) is 15.7. The highest BCUT2D eigenvalue weighted by Gasteiger charge is 2.32. The zero-order valence-corrected chi connectivity index (χ0v) is 12.5. The predicted molar refractivity (Wildman–Crippen MR) is 68.5 cm³/mol. The summed E-state index contributed by atoms with van der Waals surface area (Å²) in [4.78, 5) is 12.0. The molecule has 0 radical (unpaired) electrons. The molecule has 0 aliphatic rings. The molecule has 1 amide bonds. The summed E-state index contributed by atoms with van der Waals surface area (Å²) in [6.07, 6.45) is -4.55. The Morgan fingerprint density at radius 3 is 2.40 bits per heavy atom. The van der Waals surface area contributed by atoms with Gasteiger partial charge in [0.2, 0.25) is 10.0 Å². The van der Waals surface area contributed by atoms with Crippen molar-refractivity contribution < 1.29 is 26.4 Å². The van der Waals surface area contributed by atoms with E-state index in [9.17, 15) is 26.4 Å². The van der Waals surface area contributed by atoms with Crippen LogP contribution in [0.5, 0.6) is 0 Å². The van der Waals surface area contributed by atoms with Crippen molar-refractivity contribution in [3.63, 3.8) is 0 Å². The standard InChI is InChI=1S/C10H10BrF3N2O3S/c1-16(5-10(12,13)14)9(17)7-4-6(20(15,18)19)2-3-8(7)11/h2-4H,5H2,1H3,(H2,15,18,19). The summed E-state index contributed by atoms with van der Waals surface area (Å²) in [6.45, 7) is -1.45. The Bertz CT molecular complexity index is 631. The molecule has 1 aromatic rings. The summed E-state index contributed by atoms with van der Waals surface area (Å²) in [7, 11) is -3.09. The summed E-state index contributed by atoms with van der Waals surface area (Å²) < 4.78 is 59.2. The number of amides is 1. The van der Waals surface area contributed by atoms with Gasteiger partial charge < -0.3 is 4.90 Å². The van der Waals surface area contributed by atoms with E-state index < -0.39 is 28.7 Å². The van der Waals surface area contributed by atoms with E-state index in [-0.39, 0.29) is 14.9 Å². The molecule has 5 nitrogen and oxygen atoms in total. The topological polar surface area (TPSA) is 80.5 Å². The first-order valence-corrected chi connectivity index (χ1v) is 7.40. The van der Waals surface area contributed by atoms with Crippen LogP contribution in [-0.2, 0) is 10.0 Å². The SMILES string of the molecule is CN(CC(F)(F)F)C(=O)c1cc(S(N)(=O)=O)ccc1Br. The first-order valence-electron chi connectivity index (χ1n) is 5.06. The molecule has 2 N–H and O–H groups in total. The van der Waals surface area contributed by atoms with Gasteiger partial charge in [0.05, 0.1) is 10.5 Å². The highest BCUT2D eigenvalue weighted by molar-refractivity contribution is 9.10. The first-order chi connectivity index (χ1) is 8.92. The number of hydrogen-bond acceptors (Lipinski definition) is 3. The molecule has 0 bridgehead atoms. The van der Waals surface area contributed by atoms with Gasteiger partial charge in [0.1, 0.15) is 6.54 Å². The van der Waals surface area contributed by atoms with Crippen molar-refractivity contribution in [3.05, 3.63) is 28.2 Å². The highest BCUT2D eigenvalue weighted by atomic mass is 79.9. The minimum Gasteiger partial charge on any atom is -0.333 e. The van der Waals surface area contributed by atoms with E-state index in [1.165, 1.54) is 6.07 Å². The second-order valence-electron chi connectivity index (χ2n) is 3.96. The van der Waals surface area contributed by atoms with Gasteiger partial charge in [-0.15, -0.1) is 0 Å². The summed E-state index contributed by atoms with van der Waals surface area (Å²) >= 11 is 2.98. The average Bonchev–Trinajstić information content (AvgIpc) is 2.24. The quantitative estimate of drug-likeness (QED) is 0.874. The largest absolute Gasteiger partial charge is 0.406 e. The lowest BCUT2D eigenvalue weighted by Crippen LogP contribution is -2.36. The van der Waals surface area contributed by atoms with Gasteiger partial charge in [-0.3, -0.25) is 4.79 Å². The summed E-state index contributed by atoms with van der Waals surface area (Å²) in [5.74, 6) is -0.972. The number of rotatable bonds is 3. The molecule has 0 saturated heterocycles. The van der Waals surface area contributed by atoms with E-state index in [4.69, 9.17) is 5.14 Å². The molecular formula is C10H10BrF3N2O3S. The minimum absolute atomic E-state index is 0.170. The molecule has 0 heterocycles. The zero-order valence-electron chi connectivity index (χ0n) is 10.1. The van der Waals surface area contributed by atoms with Crippen molar-refractivity contribution in [1.29, 1.82) is 0 Å². The lowest BCUT2D eigenvalue weighted by Gasteiger charge is -2.19. The maximum atomic E-state index is 12.2. The number of nitrogens with zero attached hydrogens (tertiary/aromatic N) is 1. The van der Waals surface area contributed by atoms with E-state index in [1.54, 1.807) is 0 Å². The van der Waals surface area contributed by atoms with Crippen molar-refractivity contribution in [1.82, 2.24) is 4.90 Å². The van der Waals surface area contributed by atoms with Crippen molar-refractivity contribution in [3.8, 4) is 0 Å². The van der Waals surface area contributed by atoms with Gasteiger partial charge in [0, 0.05) is 11.5 Å². The lowest BCUT2D eigenvalue weighted by molar-refractivity contribution is -0.138. The third kappa shape index (κ3) is 4.46. The van der Waals surface area contributed by atoms with Crippen LogP contribution in [0.1, 0.15) is 10.4 Å². The molecule has 0 aromatic heterocycles. The Labute approximate surface area is 121 Å². The molecule has 20 heavy (non-hydrogen) atoms. The van der Waals surface area contributed by atoms with Gasteiger partial charge in [-0.1, -0.05) is 0 Å². The van der Waals surface area contributed by atoms with Crippen LogP contribution in [-0.4, -0.2) is 39.0 Å². The van der Waals surface area contributed by atoms with E-state index in [1.807, 2.05) is 0 Å². The van der Waals surface area contributed by atoms with Crippen LogP contribution in [0.4, 0.5) is 13.2 Å². The molecule has 1 aromatic carbocycles. The van der Waals surface area contributed by atoms with Gasteiger partial charge in [0.15, 0.2) is 0 Å². The van der Waals surface area contributed by atoms with Crippen molar-refractivity contribution in [2.75, 3.05) is 13.6 Å². The molecule has 1 rings (SSSR count). The molecule has 0 atom stereocenters. The summed E-state index contributed by atoms with van der Waals surface area (Å²) in [6, 6.07) is 3.29. The van der Waals surface area contributed by atoms with Crippen molar-refractivity contribution in [2.45, 2.75) is 11.1 Å². The lowest BCUT2D eigenvalue weighted by atomic mass is 10.2. The van der Waals surface area contributed by atoms with Gasteiger partial charge >= 0.3 is 6.18 Å². The van der Waals surface area contributed by atoms with Gasteiger partial charge in [-0.2, -0.15) is 13.2 Å². The van der Waals surface area contributed by atoms with Crippen LogP contribution in [0.2, 0.25) is 0 Å².